The Balaban J connectivity index is 2.67. The standard InChI is InChI=1S/C12H13ClF5NO/c1-19-10(5-20-6-12(17,18)11(15)16)8-4-7(14)2-3-9(8)13/h2-4,10-11,19H,5-6H2,1H3. The van der Waals surface area contributed by atoms with Crippen molar-refractivity contribution in [2.45, 2.75) is 18.4 Å². The molecule has 0 spiro atoms. The van der Waals surface area contributed by atoms with Crippen LogP contribution >= 0.6 is 11.6 Å². The molecule has 1 unspecified atom stereocenters. The predicted molar refractivity (Wildman–Crippen MR) is 65.0 cm³/mol. The summed E-state index contributed by atoms with van der Waals surface area (Å²) in [5.74, 6) is -4.77. The number of rotatable bonds is 7. The third kappa shape index (κ3) is 4.57. The average Bonchev–Trinajstić information content (AvgIpc) is 2.37. The maximum absolute atomic E-state index is 13.1. The number of nitrogens with one attached hydrogen (secondary N) is 1. The summed E-state index contributed by atoms with van der Waals surface area (Å²) >= 11 is 5.86. The zero-order valence-corrected chi connectivity index (χ0v) is 11.2. The molecule has 0 bridgehead atoms. The Morgan fingerprint density at radius 1 is 1.35 bits per heavy atom. The van der Waals surface area contributed by atoms with Crippen LogP contribution in [0.25, 0.3) is 0 Å². The van der Waals surface area contributed by atoms with E-state index < -0.39 is 30.8 Å². The summed E-state index contributed by atoms with van der Waals surface area (Å²) in [4.78, 5) is 0. The van der Waals surface area contributed by atoms with E-state index in [0.717, 1.165) is 12.1 Å². The van der Waals surface area contributed by atoms with Gasteiger partial charge in [-0.15, -0.1) is 0 Å². The Kier molecular flexibility index (Phi) is 6.16. The second-order valence-electron chi connectivity index (χ2n) is 4.08. The molecule has 0 amide bonds. The summed E-state index contributed by atoms with van der Waals surface area (Å²) < 4.78 is 66.9. The van der Waals surface area contributed by atoms with Gasteiger partial charge in [-0.1, -0.05) is 11.6 Å². The number of alkyl halides is 4. The number of ether oxygens (including phenoxy) is 1. The van der Waals surface area contributed by atoms with Crippen LogP contribution < -0.4 is 5.32 Å². The number of benzene rings is 1. The molecule has 0 radical (unpaired) electrons. The fourth-order valence-corrected chi connectivity index (χ4v) is 1.74. The van der Waals surface area contributed by atoms with Crippen molar-refractivity contribution in [2.75, 3.05) is 20.3 Å². The summed E-state index contributed by atoms with van der Waals surface area (Å²) in [7, 11) is 1.49. The first-order valence-corrected chi connectivity index (χ1v) is 6.01. The van der Waals surface area contributed by atoms with E-state index in [0.29, 0.717) is 5.56 Å². The lowest BCUT2D eigenvalue weighted by molar-refractivity contribution is -0.167. The molecule has 20 heavy (non-hydrogen) atoms. The lowest BCUT2D eigenvalue weighted by Gasteiger charge is -2.20. The molecule has 0 saturated heterocycles. The number of likely N-dealkylation sites (N-methyl/N-ethyl adjacent to an activating group) is 1. The van der Waals surface area contributed by atoms with Gasteiger partial charge in [0.2, 0.25) is 0 Å². The van der Waals surface area contributed by atoms with Crippen molar-refractivity contribution >= 4 is 11.6 Å². The molecule has 1 rings (SSSR count). The van der Waals surface area contributed by atoms with Crippen LogP contribution in [0, 0.1) is 5.82 Å². The Morgan fingerprint density at radius 2 is 2.00 bits per heavy atom. The molecule has 1 aromatic rings. The second-order valence-corrected chi connectivity index (χ2v) is 4.49. The van der Waals surface area contributed by atoms with Crippen LogP contribution in [0.5, 0.6) is 0 Å². The zero-order valence-electron chi connectivity index (χ0n) is 10.5. The van der Waals surface area contributed by atoms with Crippen LogP contribution in [0.2, 0.25) is 5.02 Å². The molecule has 114 valence electrons. The normalized spacial score (nSPS) is 13.8. The van der Waals surface area contributed by atoms with Crippen molar-refractivity contribution in [1.82, 2.24) is 5.32 Å². The van der Waals surface area contributed by atoms with Gasteiger partial charge in [0.1, 0.15) is 12.4 Å². The fraction of sp³-hybridized carbons (Fsp3) is 0.500. The molecule has 0 aliphatic heterocycles. The topological polar surface area (TPSA) is 21.3 Å². The molecule has 0 aromatic heterocycles. The number of halogens is 6. The summed E-state index contributed by atoms with van der Waals surface area (Å²) in [6, 6.07) is 2.89. The Hall–Kier alpha value is -0.920. The number of hydrogen-bond acceptors (Lipinski definition) is 2. The van der Waals surface area contributed by atoms with E-state index in [9.17, 15) is 22.0 Å². The molecule has 0 aliphatic rings. The van der Waals surface area contributed by atoms with E-state index in [1.165, 1.54) is 13.1 Å². The smallest absolute Gasteiger partial charge is 0.330 e. The third-order valence-corrected chi connectivity index (χ3v) is 2.92. The summed E-state index contributed by atoms with van der Waals surface area (Å²) in [6.45, 7) is -1.77. The van der Waals surface area contributed by atoms with E-state index in [2.05, 4.69) is 10.1 Å². The van der Waals surface area contributed by atoms with Gasteiger partial charge in [-0.2, -0.15) is 8.78 Å². The van der Waals surface area contributed by atoms with Gasteiger partial charge in [0.25, 0.3) is 0 Å². The monoisotopic (exact) mass is 317 g/mol. The largest absolute Gasteiger partial charge is 0.373 e. The van der Waals surface area contributed by atoms with Crippen molar-refractivity contribution < 1.29 is 26.7 Å². The van der Waals surface area contributed by atoms with Crippen LogP contribution in [0.3, 0.4) is 0 Å². The minimum absolute atomic E-state index is 0.218. The Morgan fingerprint density at radius 3 is 2.55 bits per heavy atom. The van der Waals surface area contributed by atoms with Crippen LogP contribution in [0.4, 0.5) is 22.0 Å². The lowest BCUT2D eigenvalue weighted by atomic mass is 10.1. The van der Waals surface area contributed by atoms with E-state index in [-0.39, 0.29) is 11.6 Å². The van der Waals surface area contributed by atoms with Crippen molar-refractivity contribution in [1.29, 1.82) is 0 Å². The Bertz CT molecular complexity index is 444. The van der Waals surface area contributed by atoms with Gasteiger partial charge >= 0.3 is 12.3 Å². The maximum atomic E-state index is 13.1. The molecule has 0 aliphatic carbocycles. The summed E-state index contributed by atoms with van der Waals surface area (Å²) in [5.41, 5.74) is 0.300. The highest BCUT2D eigenvalue weighted by atomic mass is 35.5. The highest BCUT2D eigenvalue weighted by Crippen LogP contribution is 2.26. The molecule has 0 heterocycles. The minimum atomic E-state index is -4.22. The van der Waals surface area contributed by atoms with E-state index in [1.807, 2.05) is 0 Å². The molecule has 0 fully saturated rings. The second kappa shape index (κ2) is 7.19. The molecule has 1 atom stereocenters. The molecule has 1 aromatic carbocycles. The van der Waals surface area contributed by atoms with Gasteiger partial charge in [0, 0.05) is 5.02 Å². The molecule has 8 heteroatoms. The third-order valence-electron chi connectivity index (χ3n) is 2.58. The van der Waals surface area contributed by atoms with Crippen molar-refractivity contribution in [3.8, 4) is 0 Å². The van der Waals surface area contributed by atoms with E-state index in [1.54, 1.807) is 0 Å². The first-order chi connectivity index (χ1) is 9.27. The zero-order chi connectivity index (χ0) is 15.3. The number of hydrogen-bond donors (Lipinski definition) is 1. The SMILES string of the molecule is CNC(COCC(F)(F)C(F)F)c1cc(F)ccc1Cl. The van der Waals surface area contributed by atoms with Crippen LogP contribution in [-0.2, 0) is 4.74 Å². The average molecular weight is 318 g/mol. The van der Waals surface area contributed by atoms with Crippen LogP contribution in [0.15, 0.2) is 18.2 Å². The highest BCUT2D eigenvalue weighted by Gasteiger charge is 2.41. The van der Waals surface area contributed by atoms with E-state index >= 15 is 0 Å². The van der Waals surface area contributed by atoms with Gasteiger partial charge in [-0.3, -0.25) is 0 Å². The minimum Gasteiger partial charge on any atom is -0.373 e. The summed E-state index contributed by atoms with van der Waals surface area (Å²) in [6.07, 6.45) is -3.80. The van der Waals surface area contributed by atoms with E-state index in [4.69, 9.17) is 11.6 Å². The van der Waals surface area contributed by atoms with Gasteiger partial charge in [0.15, 0.2) is 0 Å². The van der Waals surface area contributed by atoms with Gasteiger partial charge < -0.3 is 10.1 Å². The molecule has 1 N–H and O–H groups in total. The molecular weight excluding hydrogens is 305 g/mol. The molecular formula is C12H13ClF5NO. The van der Waals surface area contributed by atoms with Gasteiger partial charge in [0.05, 0.1) is 12.6 Å². The van der Waals surface area contributed by atoms with Crippen LogP contribution in [0.1, 0.15) is 11.6 Å². The Labute approximate surface area is 117 Å². The first kappa shape index (κ1) is 17.1. The quantitative estimate of drug-likeness (QED) is 0.775. The van der Waals surface area contributed by atoms with Gasteiger partial charge in [-0.25, -0.2) is 13.2 Å². The first-order valence-electron chi connectivity index (χ1n) is 5.64. The maximum Gasteiger partial charge on any atom is 0.330 e. The fourth-order valence-electron chi connectivity index (χ4n) is 1.49. The van der Waals surface area contributed by atoms with Crippen molar-refractivity contribution in [3.63, 3.8) is 0 Å². The van der Waals surface area contributed by atoms with Crippen molar-refractivity contribution in [3.05, 3.63) is 34.6 Å². The highest BCUT2D eigenvalue weighted by molar-refractivity contribution is 6.31. The molecule has 2 nitrogen and oxygen atoms in total. The van der Waals surface area contributed by atoms with Crippen molar-refractivity contribution in [2.24, 2.45) is 0 Å². The van der Waals surface area contributed by atoms with Gasteiger partial charge in [-0.05, 0) is 30.8 Å². The lowest BCUT2D eigenvalue weighted by Crippen LogP contribution is -2.34. The molecule has 0 saturated carbocycles. The summed E-state index contributed by atoms with van der Waals surface area (Å²) in [5, 5.41) is 2.91. The predicted octanol–water partition coefficient (Wildman–Crippen LogP) is 3.66. The van der Waals surface area contributed by atoms with Crippen LogP contribution in [-0.4, -0.2) is 32.6 Å².